The van der Waals surface area contributed by atoms with Crippen molar-refractivity contribution in [3.05, 3.63) is 94.3 Å². The highest BCUT2D eigenvalue weighted by molar-refractivity contribution is 6.33. The number of aromatic nitrogens is 1. The number of rotatable bonds is 6. The minimum atomic E-state index is -1.18. The van der Waals surface area contributed by atoms with Gasteiger partial charge in [-0.3, -0.25) is 0 Å². The SMILES string of the molecule is O=C(NCC=Cc1cnc(C(=O)O)c(Cl)c1)OCC1c2ccccc2-c2ccccc21. The first-order valence-electron chi connectivity index (χ1n) is 9.69. The Kier molecular flexibility index (Phi) is 6.00. The number of carbonyl (C=O) groups is 2. The minimum Gasteiger partial charge on any atom is -0.476 e. The van der Waals surface area contributed by atoms with Crippen LogP contribution in [0.5, 0.6) is 0 Å². The van der Waals surface area contributed by atoms with Crippen LogP contribution in [0.2, 0.25) is 5.02 Å². The fourth-order valence-electron chi connectivity index (χ4n) is 3.69. The lowest BCUT2D eigenvalue weighted by atomic mass is 9.98. The number of fused-ring (bicyclic) bond motifs is 3. The number of carboxylic acid groups (broad SMARTS) is 1. The molecule has 1 heterocycles. The summed E-state index contributed by atoms with van der Waals surface area (Å²) in [6, 6.07) is 17.8. The van der Waals surface area contributed by atoms with Crippen LogP contribution < -0.4 is 5.32 Å². The summed E-state index contributed by atoms with van der Waals surface area (Å²) < 4.78 is 5.47. The number of hydrogen-bond donors (Lipinski definition) is 2. The number of ether oxygens (including phenoxy) is 1. The largest absolute Gasteiger partial charge is 0.476 e. The van der Waals surface area contributed by atoms with E-state index in [1.807, 2.05) is 24.3 Å². The Balaban J connectivity index is 1.32. The number of alkyl carbamates (subject to hydrolysis) is 1. The van der Waals surface area contributed by atoms with E-state index in [-0.39, 0.29) is 29.8 Å². The molecular formula is C24H19ClN2O4. The summed E-state index contributed by atoms with van der Waals surface area (Å²) >= 11 is 5.90. The zero-order chi connectivity index (χ0) is 21.8. The number of carboxylic acids is 1. The number of carbonyl (C=O) groups excluding carboxylic acids is 1. The van der Waals surface area contributed by atoms with Gasteiger partial charge in [0.05, 0.1) is 5.02 Å². The standard InChI is InChI=1S/C24H19ClN2O4/c25-21-12-15(13-27-22(21)23(28)29)6-5-11-26-24(30)31-14-20-18-9-3-1-7-16(18)17-8-2-4-10-19(17)20/h1-10,12-13,20H,11,14H2,(H,26,30)(H,28,29). The molecule has 1 amide bonds. The Hall–Kier alpha value is -3.64. The maximum absolute atomic E-state index is 12.1. The number of benzene rings is 2. The quantitative estimate of drug-likeness (QED) is 0.570. The van der Waals surface area contributed by atoms with Crippen molar-refractivity contribution in [1.82, 2.24) is 10.3 Å². The van der Waals surface area contributed by atoms with E-state index in [0.717, 1.165) is 11.1 Å². The fourth-order valence-corrected chi connectivity index (χ4v) is 3.94. The molecule has 1 aliphatic carbocycles. The van der Waals surface area contributed by atoms with Crippen LogP contribution in [0.4, 0.5) is 4.79 Å². The maximum atomic E-state index is 12.1. The van der Waals surface area contributed by atoms with Crippen molar-refractivity contribution in [2.75, 3.05) is 13.2 Å². The summed E-state index contributed by atoms with van der Waals surface area (Å²) in [5.74, 6) is -1.17. The van der Waals surface area contributed by atoms with E-state index in [1.165, 1.54) is 23.4 Å². The van der Waals surface area contributed by atoms with Gasteiger partial charge in [0.1, 0.15) is 6.61 Å². The smallest absolute Gasteiger partial charge is 0.407 e. The summed E-state index contributed by atoms with van der Waals surface area (Å²) in [4.78, 5) is 26.9. The van der Waals surface area contributed by atoms with Gasteiger partial charge in [0.15, 0.2) is 5.69 Å². The van der Waals surface area contributed by atoms with E-state index in [1.54, 1.807) is 12.2 Å². The highest BCUT2D eigenvalue weighted by Gasteiger charge is 2.28. The molecule has 0 atom stereocenters. The van der Waals surface area contributed by atoms with Crippen LogP contribution in [0.15, 0.2) is 66.9 Å². The maximum Gasteiger partial charge on any atom is 0.407 e. The van der Waals surface area contributed by atoms with Gasteiger partial charge < -0.3 is 15.2 Å². The van der Waals surface area contributed by atoms with E-state index in [2.05, 4.69) is 34.6 Å². The molecule has 6 nitrogen and oxygen atoms in total. The predicted octanol–water partition coefficient (Wildman–Crippen LogP) is 4.99. The third-order valence-corrected chi connectivity index (χ3v) is 5.37. The average Bonchev–Trinajstić information content (AvgIpc) is 3.09. The van der Waals surface area contributed by atoms with Crippen LogP contribution >= 0.6 is 11.6 Å². The predicted molar refractivity (Wildman–Crippen MR) is 118 cm³/mol. The molecule has 2 N–H and O–H groups in total. The van der Waals surface area contributed by atoms with Gasteiger partial charge in [-0.25, -0.2) is 14.6 Å². The Morgan fingerprint density at radius 1 is 1.10 bits per heavy atom. The topological polar surface area (TPSA) is 88.5 Å². The number of nitrogens with one attached hydrogen (secondary N) is 1. The number of pyridine rings is 1. The van der Waals surface area contributed by atoms with Gasteiger partial charge in [0, 0.05) is 18.7 Å². The lowest BCUT2D eigenvalue weighted by Gasteiger charge is -2.14. The molecule has 0 saturated carbocycles. The second-order valence-corrected chi connectivity index (χ2v) is 7.42. The Morgan fingerprint density at radius 2 is 1.74 bits per heavy atom. The third-order valence-electron chi connectivity index (χ3n) is 5.08. The molecule has 7 heteroatoms. The van der Waals surface area contributed by atoms with Gasteiger partial charge in [0.25, 0.3) is 0 Å². The Labute approximate surface area is 184 Å². The van der Waals surface area contributed by atoms with E-state index >= 15 is 0 Å². The van der Waals surface area contributed by atoms with Crippen molar-refractivity contribution in [3.63, 3.8) is 0 Å². The molecule has 1 aliphatic rings. The second kappa shape index (κ2) is 9.02. The van der Waals surface area contributed by atoms with Crippen LogP contribution in [0.25, 0.3) is 17.2 Å². The van der Waals surface area contributed by atoms with E-state index in [9.17, 15) is 9.59 Å². The first kappa shape index (κ1) is 20.6. The molecule has 0 radical (unpaired) electrons. The van der Waals surface area contributed by atoms with Gasteiger partial charge in [0.2, 0.25) is 0 Å². The molecule has 3 aromatic rings. The molecule has 4 rings (SSSR count). The Morgan fingerprint density at radius 3 is 2.35 bits per heavy atom. The summed E-state index contributed by atoms with van der Waals surface area (Å²) in [5.41, 5.74) is 5.10. The van der Waals surface area contributed by atoms with Crippen molar-refractivity contribution in [2.24, 2.45) is 0 Å². The fraction of sp³-hybridized carbons (Fsp3) is 0.125. The van der Waals surface area contributed by atoms with Gasteiger partial charge in [-0.05, 0) is 33.9 Å². The first-order chi connectivity index (χ1) is 15.0. The van der Waals surface area contributed by atoms with Crippen molar-refractivity contribution in [1.29, 1.82) is 0 Å². The van der Waals surface area contributed by atoms with Crippen molar-refractivity contribution >= 4 is 29.7 Å². The van der Waals surface area contributed by atoms with Crippen LogP contribution in [0.3, 0.4) is 0 Å². The zero-order valence-electron chi connectivity index (χ0n) is 16.4. The monoisotopic (exact) mass is 434 g/mol. The van der Waals surface area contributed by atoms with Crippen LogP contribution in [0, 0.1) is 0 Å². The molecule has 0 spiro atoms. The second-order valence-electron chi connectivity index (χ2n) is 7.01. The van der Waals surface area contributed by atoms with Gasteiger partial charge in [-0.1, -0.05) is 72.3 Å². The number of amides is 1. The molecule has 0 aliphatic heterocycles. The molecular weight excluding hydrogens is 416 g/mol. The number of nitrogens with zero attached hydrogens (tertiary/aromatic N) is 1. The molecule has 0 unspecified atom stereocenters. The van der Waals surface area contributed by atoms with E-state index in [4.69, 9.17) is 21.4 Å². The number of hydrogen-bond acceptors (Lipinski definition) is 4. The zero-order valence-corrected chi connectivity index (χ0v) is 17.2. The summed E-state index contributed by atoms with van der Waals surface area (Å²) in [7, 11) is 0. The van der Waals surface area contributed by atoms with E-state index in [0.29, 0.717) is 5.56 Å². The Bertz CT molecular complexity index is 1130. The molecule has 0 saturated heterocycles. The highest BCUT2D eigenvalue weighted by atomic mass is 35.5. The van der Waals surface area contributed by atoms with Crippen LogP contribution in [-0.2, 0) is 4.74 Å². The third kappa shape index (κ3) is 4.44. The van der Waals surface area contributed by atoms with Gasteiger partial charge >= 0.3 is 12.1 Å². The number of aromatic carboxylic acids is 1. The molecule has 2 aromatic carbocycles. The average molecular weight is 435 g/mol. The van der Waals surface area contributed by atoms with Gasteiger partial charge in [-0.2, -0.15) is 0 Å². The lowest BCUT2D eigenvalue weighted by molar-refractivity contribution is 0.0690. The van der Waals surface area contributed by atoms with Crippen molar-refractivity contribution < 1.29 is 19.4 Å². The van der Waals surface area contributed by atoms with Gasteiger partial charge in [-0.15, -0.1) is 0 Å². The number of halogens is 1. The summed E-state index contributed by atoms with van der Waals surface area (Å²) in [6.07, 6.45) is 4.28. The molecule has 1 aromatic heterocycles. The summed E-state index contributed by atoms with van der Waals surface area (Å²) in [5, 5.41) is 11.7. The van der Waals surface area contributed by atoms with Crippen LogP contribution in [0.1, 0.15) is 33.1 Å². The van der Waals surface area contributed by atoms with E-state index < -0.39 is 12.1 Å². The lowest BCUT2D eigenvalue weighted by Crippen LogP contribution is -2.26. The van der Waals surface area contributed by atoms with Crippen molar-refractivity contribution in [2.45, 2.75) is 5.92 Å². The summed E-state index contributed by atoms with van der Waals surface area (Å²) in [6.45, 7) is 0.495. The molecule has 0 fully saturated rings. The normalized spacial score (nSPS) is 12.4. The van der Waals surface area contributed by atoms with Crippen molar-refractivity contribution in [3.8, 4) is 11.1 Å². The van der Waals surface area contributed by atoms with Crippen LogP contribution in [-0.4, -0.2) is 35.3 Å². The molecule has 0 bridgehead atoms. The highest BCUT2D eigenvalue weighted by Crippen LogP contribution is 2.44. The molecule has 156 valence electrons. The first-order valence-corrected chi connectivity index (χ1v) is 10.1. The minimum absolute atomic E-state index is 0.00894. The molecule has 31 heavy (non-hydrogen) atoms.